The molecule has 2 aromatic rings. The Balaban J connectivity index is 0.000000162. The molecule has 1 aliphatic carbocycles. The van der Waals surface area contributed by atoms with E-state index in [9.17, 15) is 4.79 Å². The highest BCUT2D eigenvalue weighted by atomic mass is 32.1. The highest BCUT2D eigenvalue weighted by Crippen LogP contribution is 2.15. The van der Waals surface area contributed by atoms with Gasteiger partial charge in [0.1, 0.15) is 0 Å². The molecule has 3 heteroatoms. The number of hydrogen-bond acceptors (Lipinski definition) is 3. The van der Waals surface area contributed by atoms with Crippen molar-refractivity contribution in [1.29, 1.82) is 0 Å². The summed E-state index contributed by atoms with van der Waals surface area (Å²) in [5, 5.41) is 1.93. The second-order valence-electron chi connectivity index (χ2n) is 3.30. The molecule has 1 aromatic carbocycles. The van der Waals surface area contributed by atoms with Crippen LogP contribution in [0.5, 0.6) is 0 Å². The number of thiazole rings is 1. The minimum absolute atomic E-state index is 0.131. The van der Waals surface area contributed by atoms with Crippen molar-refractivity contribution in [3.8, 4) is 0 Å². The number of allylic oxidation sites excluding steroid dienone is 2. The average molecular weight is 229 g/mol. The predicted molar refractivity (Wildman–Crippen MR) is 65.7 cm³/mol. The maximum absolute atomic E-state index is 11.2. The van der Waals surface area contributed by atoms with Crippen LogP contribution in [0.25, 0.3) is 0 Å². The van der Waals surface area contributed by atoms with E-state index < -0.39 is 0 Å². The summed E-state index contributed by atoms with van der Waals surface area (Å²) in [6, 6.07) is 7.74. The van der Waals surface area contributed by atoms with Crippen LogP contribution >= 0.6 is 11.3 Å². The fourth-order valence-corrected chi connectivity index (χ4v) is 1.85. The molecule has 0 spiro atoms. The molecule has 0 radical (unpaired) electrons. The molecule has 0 amide bonds. The molecular formula is C13H11NOS. The van der Waals surface area contributed by atoms with E-state index in [0.29, 0.717) is 0 Å². The zero-order valence-electron chi connectivity index (χ0n) is 8.67. The number of aromatic nitrogens is 1. The number of hydrogen-bond donors (Lipinski definition) is 0. The Morgan fingerprint density at radius 3 is 2.75 bits per heavy atom. The molecule has 0 fully saturated rings. The first-order valence-corrected chi connectivity index (χ1v) is 5.93. The second-order valence-corrected chi connectivity index (χ2v) is 4.06. The highest BCUT2D eigenvalue weighted by Gasteiger charge is 2.09. The van der Waals surface area contributed by atoms with Crippen LogP contribution in [0.4, 0.5) is 0 Å². The van der Waals surface area contributed by atoms with Crippen molar-refractivity contribution in [3.63, 3.8) is 0 Å². The lowest BCUT2D eigenvalue weighted by molar-refractivity contribution is 0.104. The first-order chi connectivity index (χ1) is 7.88. The van der Waals surface area contributed by atoms with E-state index in [2.05, 4.69) is 4.98 Å². The van der Waals surface area contributed by atoms with Crippen LogP contribution in [0.15, 0.2) is 53.5 Å². The fourth-order valence-electron chi connectivity index (χ4n) is 1.50. The zero-order chi connectivity index (χ0) is 11.2. The van der Waals surface area contributed by atoms with Crippen molar-refractivity contribution >= 4 is 17.1 Å². The Kier molecular flexibility index (Phi) is 3.62. The van der Waals surface area contributed by atoms with E-state index in [1.807, 2.05) is 35.7 Å². The van der Waals surface area contributed by atoms with Gasteiger partial charge in [-0.3, -0.25) is 9.78 Å². The molecule has 0 aliphatic heterocycles. The molecule has 0 atom stereocenters. The number of carbonyl (C=O) groups is 1. The lowest BCUT2D eigenvalue weighted by atomic mass is 9.96. The van der Waals surface area contributed by atoms with Gasteiger partial charge in [-0.05, 0) is 18.1 Å². The van der Waals surface area contributed by atoms with Crippen molar-refractivity contribution in [3.05, 3.63) is 64.6 Å². The minimum Gasteiger partial charge on any atom is -0.289 e. The largest absolute Gasteiger partial charge is 0.289 e. The van der Waals surface area contributed by atoms with E-state index in [4.69, 9.17) is 0 Å². The van der Waals surface area contributed by atoms with E-state index >= 15 is 0 Å². The molecular weight excluding hydrogens is 218 g/mol. The topological polar surface area (TPSA) is 30.0 Å². The molecule has 1 heterocycles. The SMILES string of the molecule is O=C1C=CCc2ccccc21.c1cscn1. The maximum Gasteiger partial charge on any atom is 0.185 e. The Bertz CT molecular complexity index is 471. The number of benzene rings is 1. The molecule has 0 N–H and O–H groups in total. The van der Waals surface area contributed by atoms with Crippen molar-refractivity contribution in [1.82, 2.24) is 4.98 Å². The molecule has 0 bridgehead atoms. The predicted octanol–water partition coefficient (Wildman–Crippen LogP) is 3.12. The summed E-state index contributed by atoms with van der Waals surface area (Å²) < 4.78 is 0. The average Bonchev–Trinajstić information content (AvgIpc) is 2.88. The van der Waals surface area contributed by atoms with Gasteiger partial charge >= 0.3 is 0 Å². The van der Waals surface area contributed by atoms with Crippen LogP contribution in [0, 0.1) is 0 Å². The summed E-state index contributed by atoms with van der Waals surface area (Å²) in [5.74, 6) is 0.131. The van der Waals surface area contributed by atoms with Gasteiger partial charge in [-0.2, -0.15) is 0 Å². The van der Waals surface area contributed by atoms with Crippen LogP contribution in [0.3, 0.4) is 0 Å². The standard InChI is InChI=1S/C10H8O.C3H3NS/c11-10-7-3-5-8-4-1-2-6-9(8)10;1-2-5-3-4-1/h1-4,6-7H,5H2;1-3H. The third-order valence-electron chi connectivity index (χ3n) is 2.24. The van der Waals surface area contributed by atoms with Gasteiger partial charge in [-0.15, -0.1) is 11.3 Å². The van der Waals surface area contributed by atoms with Crippen molar-refractivity contribution < 1.29 is 4.79 Å². The minimum atomic E-state index is 0.131. The quantitative estimate of drug-likeness (QED) is 0.694. The van der Waals surface area contributed by atoms with Crippen LogP contribution in [-0.2, 0) is 6.42 Å². The van der Waals surface area contributed by atoms with E-state index in [1.54, 1.807) is 29.1 Å². The Hall–Kier alpha value is -1.74. The molecule has 16 heavy (non-hydrogen) atoms. The Labute approximate surface area is 98.3 Å². The molecule has 0 saturated heterocycles. The number of carbonyl (C=O) groups excluding carboxylic acids is 1. The summed E-state index contributed by atoms with van der Waals surface area (Å²) >= 11 is 1.60. The number of nitrogens with zero attached hydrogens (tertiary/aromatic N) is 1. The monoisotopic (exact) mass is 229 g/mol. The summed E-state index contributed by atoms with van der Waals surface area (Å²) in [6.07, 6.45) is 6.21. The lowest BCUT2D eigenvalue weighted by Crippen LogP contribution is -2.04. The van der Waals surface area contributed by atoms with Gasteiger partial charge in [-0.1, -0.05) is 30.3 Å². The van der Waals surface area contributed by atoms with Crippen LogP contribution in [0.2, 0.25) is 0 Å². The maximum atomic E-state index is 11.2. The van der Waals surface area contributed by atoms with Crippen molar-refractivity contribution in [2.24, 2.45) is 0 Å². The lowest BCUT2D eigenvalue weighted by Gasteiger charge is -2.07. The highest BCUT2D eigenvalue weighted by molar-refractivity contribution is 7.07. The van der Waals surface area contributed by atoms with E-state index in [-0.39, 0.29) is 5.78 Å². The zero-order valence-corrected chi connectivity index (χ0v) is 9.48. The number of fused-ring (bicyclic) bond motifs is 1. The summed E-state index contributed by atoms with van der Waals surface area (Å²) in [6.45, 7) is 0. The van der Waals surface area contributed by atoms with Crippen LogP contribution < -0.4 is 0 Å². The molecule has 2 nitrogen and oxygen atoms in total. The smallest absolute Gasteiger partial charge is 0.185 e. The normalized spacial score (nSPS) is 12.6. The second kappa shape index (κ2) is 5.37. The first kappa shape index (κ1) is 10.8. The third kappa shape index (κ3) is 2.64. The van der Waals surface area contributed by atoms with E-state index in [1.165, 1.54) is 0 Å². The molecule has 0 saturated carbocycles. The molecule has 80 valence electrons. The van der Waals surface area contributed by atoms with Crippen LogP contribution in [0.1, 0.15) is 15.9 Å². The number of ketones is 1. The molecule has 3 rings (SSSR count). The first-order valence-electron chi connectivity index (χ1n) is 4.99. The summed E-state index contributed by atoms with van der Waals surface area (Å²) in [4.78, 5) is 14.9. The van der Waals surface area contributed by atoms with Crippen molar-refractivity contribution in [2.45, 2.75) is 6.42 Å². The van der Waals surface area contributed by atoms with Gasteiger partial charge in [0.25, 0.3) is 0 Å². The van der Waals surface area contributed by atoms with Crippen molar-refractivity contribution in [2.75, 3.05) is 0 Å². The number of rotatable bonds is 0. The Morgan fingerprint density at radius 2 is 2.12 bits per heavy atom. The van der Waals surface area contributed by atoms with Gasteiger partial charge in [0.2, 0.25) is 0 Å². The van der Waals surface area contributed by atoms with Crippen LogP contribution in [-0.4, -0.2) is 10.8 Å². The summed E-state index contributed by atoms with van der Waals surface area (Å²) in [7, 11) is 0. The van der Waals surface area contributed by atoms with Gasteiger partial charge in [0.05, 0.1) is 5.51 Å². The van der Waals surface area contributed by atoms with Gasteiger partial charge < -0.3 is 0 Å². The third-order valence-corrected chi connectivity index (χ3v) is 2.76. The van der Waals surface area contributed by atoms with Gasteiger partial charge in [0.15, 0.2) is 5.78 Å². The molecule has 1 aromatic heterocycles. The summed E-state index contributed by atoms with van der Waals surface area (Å²) in [5.41, 5.74) is 3.79. The van der Waals surface area contributed by atoms with E-state index in [0.717, 1.165) is 17.5 Å². The van der Waals surface area contributed by atoms with Gasteiger partial charge in [0, 0.05) is 17.1 Å². The molecule has 0 unspecified atom stereocenters. The molecule has 1 aliphatic rings. The van der Waals surface area contributed by atoms with Gasteiger partial charge in [-0.25, -0.2) is 0 Å². The fraction of sp³-hybridized carbons (Fsp3) is 0.0769. The Morgan fingerprint density at radius 1 is 1.25 bits per heavy atom.